The Hall–Kier alpha value is -2.66. The molecule has 0 aromatic heterocycles. The SMILES string of the molecule is CC(=O)Nc1cccc(CNC(=O)CN(C)Cc2ccccc2)c1. The Morgan fingerprint density at radius 1 is 1.00 bits per heavy atom. The van der Waals surface area contributed by atoms with Gasteiger partial charge in [0.05, 0.1) is 6.54 Å². The molecule has 0 unspecified atom stereocenters. The normalized spacial score (nSPS) is 10.5. The van der Waals surface area contributed by atoms with E-state index in [0.29, 0.717) is 13.1 Å². The molecule has 0 atom stereocenters. The number of carbonyl (C=O) groups is 2. The second-order valence-corrected chi connectivity index (χ2v) is 5.82. The van der Waals surface area contributed by atoms with Crippen molar-refractivity contribution in [2.45, 2.75) is 20.0 Å². The Morgan fingerprint density at radius 3 is 2.42 bits per heavy atom. The van der Waals surface area contributed by atoms with Gasteiger partial charge in [-0.25, -0.2) is 0 Å². The summed E-state index contributed by atoms with van der Waals surface area (Å²) in [6, 6.07) is 17.5. The van der Waals surface area contributed by atoms with E-state index in [9.17, 15) is 9.59 Å². The van der Waals surface area contributed by atoms with Gasteiger partial charge in [0, 0.05) is 25.7 Å². The molecule has 5 nitrogen and oxygen atoms in total. The van der Waals surface area contributed by atoms with Crippen LogP contribution in [0.5, 0.6) is 0 Å². The molecule has 0 aliphatic rings. The van der Waals surface area contributed by atoms with E-state index in [1.165, 1.54) is 12.5 Å². The van der Waals surface area contributed by atoms with Gasteiger partial charge in [0.15, 0.2) is 0 Å². The molecule has 5 heteroatoms. The zero-order valence-electron chi connectivity index (χ0n) is 14.1. The average Bonchev–Trinajstić information content (AvgIpc) is 2.53. The number of carbonyl (C=O) groups excluding carboxylic acids is 2. The molecule has 0 heterocycles. The molecule has 0 saturated carbocycles. The van der Waals surface area contributed by atoms with Crippen molar-refractivity contribution in [2.75, 3.05) is 18.9 Å². The second kappa shape index (κ2) is 8.84. The van der Waals surface area contributed by atoms with Crippen LogP contribution in [-0.2, 0) is 22.7 Å². The highest BCUT2D eigenvalue weighted by Gasteiger charge is 2.07. The summed E-state index contributed by atoms with van der Waals surface area (Å²) in [5.41, 5.74) is 2.85. The van der Waals surface area contributed by atoms with Crippen LogP contribution in [0.4, 0.5) is 5.69 Å². The van der Waals surface area contributed by atoms with E-state index in [1.54, 1.807) is 0 Å². The molecule has 24 heavy (non-hydrogen) atoms. The molecule has 2 N–H and O–H groups in total. The van der Waals surface area contributed by atoms with E-state index in [2.05, 4.69) is 10.6 Å². The van der Waals surface area contributed by atoms with Crippen molar-refractivity contribution in [1.29, 1.82) is 0 Å². The highest BCUT2D eigenvalue weighted by atomic mass is 16.2. The van der Waals surface area contributed by atoms with Gasteiger partial charge in [-0.1, -0.05) is 42.5 Å². The minimum absolute atomic E-state index is 0.0293. The van der Waals surface area contributed by atoms with Gasteiger partial charge < -0.3 is 10.6 Å². The summed E-state index contributed by atoms with van der Waals surface area (Å²) >= 11 is 0. The van der Waals surface area contributed by atoms with Gasteiger partial charge in [-0.2, -0.15) is 0 Å². The lowest BCUT2D eigenvalue weighted by molar-refractivity contribution is -0.122. The third kappa shape index (κ3) is 6.22. The molecule has 2 rings (SSSR count). The van der Waals surface area contributed by atoms with E-state index < -0.39 is 0 Å². The molecule has 2 aromatic rings. The Bertz CT molecular complexity index is 686. The van der Waals surface area contributed by atoms with Gasteiger partial charge in [-0.15, -0.1) is 0 Å². The van der Waals surface area contributed by atoms with Crippen LogP contribution in [0.25, 0.3) is 0 Å². The second-order valence-electron chi connectivity index (χ2n) is 5.82. The molecule has 0 bridgehead atoms. The van der Waals surface area contributed by atoms with Crippen molar-refractivity contribution >= 4 is 17.5 Å². The van der Waals surface area contributed by atoms with E-state index in [4.69, 9.17) is 0 Å². The van der Waals surface area contributed by atoms with Crippen LogP contribution in [0, 0.1) is 0 Å². The third-order valence-electron chi connectivity index (χ3n) is 3.45. The monoisotopic (exact) mass is 325 g/mol. The first kappa shape index (κ1) is 17.7. The first-order chi connectivity index (χ1) is 11.5. The van der Waals surface area contributed by atoms with Gasteiger partial charge in [0.25, 0.3) is 0 Å². The summed E-state index contributed by atoms with van der Waals surface area (Å²) in [6.07, 6.45) is 0. The van der Waals surface area contributed by atoms with Crippen LogP contribution < -0.4 is 10.6 Å². The predicted octanol–water partition coefficient (Wildman–Crippen LogP) is 2.39. The summed E-state index contributed by atoms with van der Waals surface area (Å²) in [5.74, 6) is -0.142. The topological polar surface area (TPSA) is 61.4 Å². The highest BCUT2D eigenvalue weighted by Crippen LogP contribution is 2.10. The number of hydrogen-bond acceptors (Lipinski definition) is 3. The number of hydrogen-bond donors (Lipinski definition) is 2. The molecule has 2 aromatic carbocycles. The van der Waals surface area contributed by atoms with Crippen molar-refractivity contribution < 1.29 is 9.59 Å². The smallest absolute Gasteiger partial charge is 0.234 e. The molecule has 0 radical (unpaired) electrons. The van der Waals surface area contributed by atoms with Crippen molar-refractivity contribution in [3.63, 3.8) is 0 Å². The molecule has 2 amide bonds. The largest absolute Gasteiger partial charge is 0.351 e. The van der Waals surface area contributed by atoms with Crippen molar-refractivity contribution in [1.82, 2.24) is 10.2 Å². The maximum absolute atomic E-state index is 12.1. The Morgan fingerprint density at radius 2 is 1.71 bits per heavy atom. The fourth-order valence-electron chi connectivity index (χ4n) is 2.42. The van der Waals surface area contributed by atoms with Gasteiger partial charge in [0.2, 0.25) is 11.8 Å². The van der Waals surface area contributed by atoms with E-state index >= 15 is 0 Å². The molecular formula is C19H23N3O2. The van der Waals surface area contributed by atoms with Crippen molar-refractivity contribution in [3.8, 4) is 0 Å². The fraction of sp³-hybridized carbons (Fsp3) is 0.263. The molecule has 0 aliphatic heterocycles. The van der Waals surface area contributed by atoms with Crippen LogP contribution in [0.1, 0.15) is 18.1 Å². The third-order valence-corrected chi connectivity index (χ3v) is 3.45. The van der Waals surface area contributed by atoms with Crippen LogP contribution >= 0.6 is 0 Å². The van der Waals surface area contributed by atoms with Gasteiger partial charge in [-0.05, 0) is 30.3 Å². The maximum Gasteiger partial charge on any atom is 0.234 e. The van der Waals surface area contributed by atoms with Gasteiger partial charge in [-0.3, -0.25) is 14.5 Å². The van der Waals surface area contributed by atoms with E-state index in [0.717, 1.165) is 17.8 Å². The Balaban J connectivity index is 1.79. The molecular weight excluding hydrogens is 302 g/mol. The van der Waals surface area contributed by atoms with Crippen molar-refractivity contribution in [3.05, 3.63) is 65.7 Å². The molecule has 0 saturated heterocycles. The van der Waals surface area contributed by atoms with E-state index in [1.807, 2.05) is 66.5 Å². The number of likely N-dealkylation sites (N-methyl/N-ethyl adjacent to an activating group) is 1. The minimum Gasteiger partial charge on any atom is -0.351 e. The molecule has 0 fully saturated rings. The first-order valence-electron chi connectivity index (χ1n) is 7.88. The van der Waals surface area contributed by atoms with Crippen LogP contribution in [0.15, 0.2) is 54.6 Å². The summed E-state index contributed by atoms with van der Waals surface area (Å²) in [7, 11) is 1.92. The maximum atomic E-state index is 12.1. The standard InChI is InChI=1S/C19H23N3O2/c1-15(23)21-18-10-6-9-17(11-18)12-20-19(24)14-22(2)13-16-7-4-3-5-8-16/h3-11H,12-14H2,1-2H3,(H,20,24)(H,21,23). The van der Waals surface area contributed by atoms with Gasteiger partial charge in [0.1, 0.15) is 0 Å². The summed E-state index contributed by atoms with van der Waals surface area (Å²) in [4.78, 5) is 25.1. The van der Waals surface area contributed by atoms with Crippen LogP contribution in [0.3, 0.4) is 0 Å². The lowest BCUT2D eigenvalue weighted by Crippen LogP contribution is -2.34. The predicted molar refractivity (Wildman–Crippen MR) is 95.4 cm³/mol. The Kier molecular flexibility index (Phi) is 6.51. The molecule has 0 aliphatic carbocycles. The van der Waals surface area contributed by atoms with Crippen molar-refractivity contribution in [2.24, 2.45) is 0 Å². The number of benzene rings is 2. The van der Waals surface area contributed by atoms with Gasteiger partial charge >= 0.3 is 0 Å². The number of anilines is 1. The zero-order valence-corrected chi connectivity index (χ0v) is 14.1. The first-order valence-corrected chi connectivity index (χ1v) is 7.88. The average molecular weight is 325 g/mol. The summed E-state index contributed by atoms with van der Waals surface area (Å²) in [5, 5.41) is 5.64. The minimum atomic E-state index is -0.112. The summed E-state index contributed by atoms with van der Waals surface area (Å²) < 4.78 is 0. The quantitative estimate of drug-likeness (QED) is 0.822. The zero-order chi connectivity index (χ0) is 17.4. The number of rotatable bonds is 7. The van der Waals surface area contributed by atoms with E-state index in [-0.39, 0.29) is 11.8 Å². The fourth-order valence-corrected chi connectivity index (χ4v) is 2.42. The molecule has 0 spiro atoms. The molecule has 126 valence electrons. The Labute approximate surface area is 142 Å². The van der Waals surface area contributed by atoms with Crippen LogP contribution in [-0.4, -0.2) is 30.3 Å². The summed E-state index contributed by atoms with van der Waals surface area (Å²) in [6.45, 7) is 2.97. The van der Waals surface area contributed by atoms with Crippen LogP contribution in [0.2, 0.25) is 0 Å². The highest BCUT2D eigenvalue weighted by molar-refractivity contribution is 5.88. The number of nitrogens with one attached hydrogen (secondary N) is 2. The number of amides is 2. The lowest BCUT2D eigenvalue weighted by atomic mass is 10.2. The lowest BCUT2D eigenvalue weighted by Gasteiger charge is -2.16. The number of nitrogens with zero attached hydrogens (tertiary/aromatic N) is 1.